The lowest BCUT2D eigenvalue weighted by Gasteiger charge is -2.17. The number of H-pyrrole nitrogens is 1. The van der Waals surface area contributed by atoms with E-state index in [0.29, 0.717) is 16.7 Å². The number of hydrogen-bond donors (Lipinski definition) is 2. The summed E-state index contributed by atoms with van der Waals surface area (Å²) >= 11 is 5.05. The largest absolute Gasteiger partial charge is 0.446 e. The second-order valence-corrected chi connectivity index (χ2v) is 7.29. The molecule has 1 atom stereocenters. The van der Waals surface area contributed by atoms with Crippen molar-refractivity contribution in [2.75, 3.05) is 11.1 Å². The van der Waals surface area contributed by atoms with Gasteiger partial charge in [0.25, 0.3) is 0 Å². The molecule has 4 rings (SSSR count). The molecule has 0 bridgehead atoms. The lowest BCUT2D eigenvalue weighted by atomic mass is 10.1. The molecular formula is C16H14BrN5OS. The highest BCUT2D eigenvalue weighted by Crippen LogP contribution is 2.40. The van der Waals surface area contributed by atoms with Crippen LogP contribution in [0.4, 0.5) is 5.69 Å². The van der Waals surface area contributed by atoms with Crippen LogP contribution in [0, 0.1) is 0 Å². The summed E-state index contributed by atoms with van der Waals surface area (Å²) in [5.41, 5.74) is 3.37. The van der Waals surface area contributed by atoms with Gasteiger partial charge in [0.15, 0.2) is 5.69 Å². The lowest BCUT2D eigenvalue weighted by Crippen LogP contribution is -2.17. The van der Waals surface area contributed by atoms with Crippen molar-refractivity contribution in [1.82, 2.24) is 20.2 Å². The maximum absolute atomic E-state index is 6.13. The number of anilines is 1. The van der Waals surface area contributed by atoms with Gasteiger partial charge in [-0.1, -0.05) is 34.6 Å². The lowest BCUT2D eigenvalue weighted by molar-refractivity contribution is 0.221. The van der Waals surface area contributed by atoms with Crippen molar-refractivity contribution in [2.24, 2.45) is 0 Å². The molecule has 0 unspecified atom stereocenters. The van der Waals surface area contributed by atoms with Crippen molar-refractivity contribution in [3.63, 3.8) is 0 Å². The van der Waals surface area contributed by atoms with Gasteiger partial charge in [0.1, 0.15) is 0 Å². The average Bonchev–Trinajstić information content (AvgIpc) is 3.06. The number of aromatic amines is 1. The number of thioether (sulfide) groups is 1. The Labute approximate surface area is 151 Å². The highest BCUT2D eigenvalue weighted by atomic mass is 79.9. The summed E-state index contributed by atoms with van der Waals surface area (Å²) < 4.78 is 7.09. The number of benzene rings is 1. The Kier molecular flexibility index (Phi) is 4.15. The molecule has 0 aliphatic carbocycles. The normalized spacial score (nSPS) is 15.7. The molecule has 2 N–H and O–H groups in total. The topological polar surface area (TPSA) is 75.7 Å². The first-order valence-electron chi connectivity index (χ1n) is 7.48. The molecule has 0 radical (unpaired) electrons. The predicted octanol–water partition coefficient (Wildman–Crippen LogP) is 4.24. The minimum Gasteiger partial charge on any atom is -0.446 e. The van der Waals surface area contributed by atoms with Gasteiger partial charge < -0.3 is 15.0 Å². The second-order valence-electron chi connectivity index (χ2n) is 5.14. The van der Waals surface area contributed by atoms with Crippen LogP contribution in [-0.2, 0) is 0 Å². The van der Waals surface area contributed by atoms with E-state index >= 15 is 0 Å². The number of nitrogens with zero attached hydrogens (tertiary/aromatic N) is 3. The third-order valence-corrected chi connectivity index (χ3v) is 4.78. The van der Waals surface area contributed by atoms with Crippen LogP contribution in [0.5, 0.6) is 5.88 Å². The molecule has 1 aromatic carbocycles. The number of rotatable bonds is 3. The smallest absolute Gasteiger partial charge is 0.247 e. The molecule has 3 heterocycles. The minimum absolute atomic E-state index is 0.377. The molecule has 0 saturated heterocycles. The van der Waals surface area contributed by atoms with Gasteiger partial charge in [-0.05, 0) is 36.1 Å². The average molecular weight is 404 g/mol. The highest BCUT2D eigenvalue weighted by Gasteiger charge is 2.26. The zero-order chi connectivity index (χ0) is 16.5. The van der Waals surface area contributed by atoms with Crippen molar-refractivity contribution in [2.45, 2.75) is 18.3 Å². The van der Waals surface area contributed by atoms with Crippen LogP contribution in [0.1, 0.15) is 18.8 Å². The highest BCUT2D eigenvalue weighted by molar-refractivity contribution is 9.10. The Morgan fingerprint density at radius 1 is 1.29 bits per heavy atom. The van der Waals surface area contributed by atoms with Crippen molar-refractivity contribution < 1.29 is 4.74 Å². The number of aromatic nitrogens is 4. The van der Waals surface area contributed by atoms with Crippen LogP contribution < -0.4 is 10.1 Å². The Bertz CT molecular complexity index is 871. The van der Waals surface area contributed by atoms with Crippen LogP contribution in [0.2, 0.25) is 0 Å². The Morgan fingerprint density at radius 3 is 3.00 bits per heavy atom. The van der Waals surface area contributed by atoms with Gasteiger partial charge in [0.05, 0.1) is 5.69 Å². The maximum Gasteiger partial charge on any atom is 0.247 e. The standard InChI is InChI=1S/C16H14BrN5OS/c1-2-24-16-20-15-13(21-22-16)10-8-9(17)5-6-11(10)19-14(23-15)12-4-3-7-18-12/h3-8,14,18-19H,2H2,1H3/t14-/m1/s1. The molecule has 3 aromatic rings. The van der Waals surface area contributed by atoms with Gasteiger partial charge in [-0.2, -0.15) is 4.98 Å². The number of halogens is 1. The van der Waals surface area contributed by atoms with E-state index in [9.17, 15) is 0 Å². The summed E-state index contributed by atoms with van der Waals surface area (Å²) in [6.45, 7) is 2.05. The van der Waals surface area contributed by atoms with Gasteiger partial charge in [-0.15, -0.1) is 10.2 Å². The molecule has 6 nitrogen and oxygen atoms in total. The van der Waals surface area contributed by atoms with E-state index in [2.05, 4.69) is 48.3 Å². The summed E-state index contributed by atoms with van der Waals surface area (Å²) in [4.78, 5) is 7.73. The third-order valence-electron chi connectivity index (χ3n) is 3.57. The van der Waals surface area contributed by atoms with E-state index in [1.54, 1.807) is 0 Å². The van der Waals surface area contributed by atoms with Crippen LogP contribution in [0.25, 0.3) is 11.3 Å². The molecule has 2 aromatic heterocycles. The summed E-state index contributed by atoms with van der Waals surface area (Å²) in [5, 5.41) is 12.6. The van der Waals surface area contributed by atoms with E-state index in [1.165, 1.54) is 11.8 Å². The Morgan fingerprint density at radius 2 is 2.21 bits per heavy atom. The van der Waals surface area contributed by atoms with E-state index in [0.717, 1.165) is 27.2 Å². The molecule has 0 saturated carbocycles. The summed E-state index contributed by atoms with van der Waals surface area (Å²) in [5.74, 6) is 1.35. The molecule has 0 fully saturated rings. The van der Waals surface area contributed by atoms with E-state index < -0.39 is 0 Å². The molecule has 8 heteroatoms. The zero-order valence-electron chi connectivity index (χ0n) is 12.8. The van der Waals surface area contributed by atoms with E-state index in [1.807, 2.05) is 36.5 Å². The Balaban J connectivity index is 1.86. The number of ether oxygens (including phenoxy) is 1. The van der Waals surface area contributed by atoms with E-state index in [4.69, 9.17) is 4.74 Å². The number of fused-ring (bicyclic) bond motifs is 3. The van der Waals surface area contributed by atoms with Gasteiger partial charge in [-0.25, -0.2) is 0 Å². The molecule has 1 aliphatic heterocycles. The van der Waals surface area contributed by atoms with Crippen LogP contribution in [0.15, 0.2) is 46.2 Å². The SMILES string of the molecule is CCSc1nnc2c(n1)O[C@H](c1ccc[nH]1)Nc1ccc(Br)cc1-2. The first-order valence-corrected chi connectivity index (χ1v) is 9.26. The fraction of sp³-hybridized carbons (Fsp3) is 0.188. The molecule has 122 valence electrons. The minimum atomic E-state index is -0.377. The summed E-state index contributed by atoms with van der Waals surface area (Å²) in [7, 11) is 0. The van der Waals surface area contributed by atoms with Crippen molar-refractivity contribution >= 4 is 33.4 Å². The van der Waals surface area contributed by atoms with Crippen molar-refractivity contribution in [1.29, 1.82) is 0 Å². The van der Waals surface area contributed by atoms with Crippen LogP contribution in [-0.4, -0.2) is 25.9 Å². The fourth-order valence-corrected chi connectivity index (χ4v) is 3.37. The molecule has 1 aliphatic rings. The number of hydrogen-bond acceptors (Lipinski definition) is 6. The van der Waals surface area contributed by atoms with Gasteiger partial charge in [0.2, 0.25) is 17.3 Å². The molecule has 0 amide bonds. The van der Waals surface area contributed by atoms with Gasteiger partial charge >= 0.3 is 0 Å². The summed E-state index contributed by atoms with van der Waals surface area (Å²) in [6.07, 6.45) is 1.49. The number of nitrogens with one attached hydrogen (secondary N) is 2. The predicted molar refractivity (Wildman–Crippen MR) is 97.1 cm³/mol. The van der Waals surface area contributed by atoms with E-state index in [-0.39, 0.29) is 6.23 Å². The fourth-order valence-electron chi connectivity index (χ4n) is 2.51. The third kappa shape index (κ3) is 2.87. The van der Waals surface area contributed by atoms with Crippen LogP contribution in [0.3, 0.4) is 0 Å². The first-order chi connectivity index (χ1) is 11.7. The molecule has 24 heavy (non-hydrogen) atoms. The van der Waals surface area contributed by atoms with Crippen LogP contribution >= 0.6 is 27.7 Å². The quantitative estimate of drug-likeness (QED) is 0.636. The van der Waals surface area contributed by atoms with Crippen molar-refractivity contribution in [3.8, 4) is 17.1 Å². The Hall–Kier alpha value is -2.06. The second kappa shape index (κ2) is 6.45. The maximum atomic E-state index is 6.13. The van der Waals surface area contributed by atoms with Crippen molar-refractivity contribution in [3.05, 3.63) is 46.7 Å². The van der Waals surface area contributed by atoms with Gasteiger partial charge in [-0.3, -0.25) is 0 Å². The van der Waals surface area contributed by atoms with Gasteiger partial charge in [0, 0.05) is 21.9 Å². The molecule has 0 spiro atoms. The molecular weight excluding hydrogens is 390 g/mol. The monoisotopic (exact) mass is 403 g/mol. The first kappa shape index (κ1) is 15.5. The summed E-state index contributed by atoms with van der Waals surface area (Å²) in [6, 6.07) is 9.86. The zero-order valence-corrected chi connectivity index (χ0v) is 15.2.